The van der Waals surface area contributed by atoms with Crippen LogP contribution in [-0.2, 0) is 19.4 Å². The van der Waals surface area contributed by atoms with Gasteiger partial charge in [0.1, 0.15) is 11.6 Å². The van der Waals surface area contributed by atoms with Crippen LogP contribution in [-0.4, -0.2) is 59.6 Å². The lowest BCUT2D eigenvalue weighted by molar-refractivity contribution is 0.132. The molecule has 0 saturated carbocycles. The predicted molar refractivity (Wildman–Crippen MR) is 124 cm³/mol. The van der Waals surface area contributed by atoms with Gasteiger partial charge in [-0.25, -0.2) is 4.98 Å². The van der Waals surface area contributed by atoms with Gasteiger partial charge in [0.2, 0.25) is 0 Å². The van der Waals surface area contributed by atoms with E-state index in [1.165, 1.54) is 56.6 Å². The highest BCUT2D eigenvalue weighted by molar-refractivity contribution is 5.28. The van der Waals surface area contributed by atoms with Gasteiger partial charge in [-0.3, -0.25) is 4.90 Å². The topological polar surface area (TPSA) is 44.4 Å². The zero-order chi connectivity index (χ0) is 21.2. The maximum atomic E-state index is 5.36. The lowest BCUT2D eigenvalue weighted by Gasteiger charge is -2.35. The van der Waals surface area contributed by atoms with Crippen LogP contribution >= 0.6 is 0 Å². The normalized spacial score (nSPS) is 17.5. The van der Waals surface area contributed by atoms with E-state index in [1.807, 2.05) is 12.3 Å². The monoisotopic (exact) mass is 412 g/mol. The molecule has 1 aromatic heterocycles. The van der Waals surface area contributed by atoms with E-state index in [1.54, 1.807) is 7.11 Å². The van der Waals surface area contributed by atoms with Crippen molar-refractivity contribution in [2.75, 3.05) is 39.8 Å². The number of rotatable bonds is 12. The molecule has 0 aliphatic carbocycles. The van der Waals surface area contributed by atoms with E-state index in [2.05, 4.69) is 51.8 Å². The number of unbranched alkanes of at least 4 members (excludes halogenated alkanes) is 1. The van der Waals surface area contributed by atoms with Gasteiger partial charge < -0.3 is 14.6 Å². The number of likely N-dealkylation sites (tertiary alicyclic amines) is 1. The number of imidazole rings is 1. The largest absolute Gasteiger partial charge is 0.497 e. The number of aromatic amines is 1. The lowest BCUT2D eigenvalue weighted by Crippen LogP contribution is -2.41. The summed E-state index contributed by atoms with van der Waals surface area (Å²) in [6, 6.07) is 8.49. The first-order chi connectivity index (χ1) is 14.7. The van der Waals surface area contributed by atoms with Crippen LogP contribution in [0.3, 0.4) is 0 Å². The maximum Gasteiger partial charge on any atom is 0.119 e. The minimum Gasteiger partial charge on any atom is -0.497 e. The summed E-state index contributed by atoms with van der Waals surface area (Å²) in [6.07, 6.45) is 9.27. The van der Waals surface area contributed by atoms with Crippen LogP contribution in [0.2, 0.25) is 0 Å². The van der Waals surface area contributed by atoms with Crippen molar-refractivity contribution in [2.45, 2.75) is 58.9 Å². The van der Waals surface area contributed by atoms with Crippen molar-refractivity contribution in [3.8, 4) is 5.75 Å². The number of piperidine rings is 1. The molecule has 1 aliphatic rings. The third-order valence-corrected chi connectivity index (χ3v) is 6.26. The Hall–Kier alpha value is -1.85. The fraction of sp³-hybridized carbons (Fsp3) is 0.640. The number of H-pyrrole nitrogens is 1. The number of nitrogens with one attached hydrogen (secondary N) is 1. The quantitative estimate of drug-likeness (QED) is 0.556. The number of aromatic nitrogens is 2. The van der Waals surface area contributed by atoms with E-state index in [4.69, 9.17) is 4.74 Å². The number of nitrogens with zero attached hydrogens (tertiary/aromatic N) is 3. The fourth-order valence-electron chi connectivity index (χ4n) is 4.49. The molecule has 3 rings (SSSR count). The second-order valence-electron chi connectivity index (χ2n) is 8.70. The Balaban J connectivity index is 1.46. The minimum atomic E-state index is 0.756. The van der Waals surface area contributed by atoms with Gasteiger partial charge in [-0.15, -0.1) is 0 Å². The zero-order valence-electron chi connectivity index (χ0n) is 19.2. The summed E-state index contributed by atoms with van der Waals surface area (Å²) in [5.41, 5.74) is 2.62. The molecule has 1 aromatic carbocycles. The number of methoxy groups -OCH3 is 1. The summed E-state index contributed by atoms with van der Waals surface area (Å²) in [5.74, 6) is 2.86. The summed E-state index contributed by atoms with van der Waals surface area (Å²) >= 11 is 0. The van der Waals surface area contributed by atoms with Crippen LogP contribution in [0.15, 0.2) is 30.5 Å². The maximum absolute atomic E-state index is 5.36. The van der Waals surface area contributed by atoms with Crippen molar-refractivity contribution in [3.63, 3.8) is 0 Å². The minimum absolute atomic E-state index is 0.756. The Bertz CT molecular complexity index is 744. The summed E-state index contributed by atoms with van der Waals surface area (Å²) in [7, 11) is 1.74. The molecule has 166 valence electrons. The molecular formula is C25H40N4O. The Morgan fingerprint density at radius 2 is 2.17 bits per heavy atom. The van der Waals surface area contributed by atoms with Gasteiger partial charge in [0.25, 0.3) is 0 Å². The number of hydrogen-bond donors (Lipinski definition) is 1. The van der Waals surface area contributed by atoms with Gasteiger partial charge in [0.15, 0.2) is 0 Å². The Labute approximate surface area is 182 Å². The zero-order valence-corrected chi connectivity index (χ0v) is 19.2. The highest BCUT2D eigenvalue weighted by Crippen LogP contribution is 2.20. The van der Waals surface area contributed by atoms with Crippen LogP contribution in [0.1, 0.15) is 56.6 Å². The molecule has 1 atom stereocenters. The van der Waals surface area contributed by atoms with Gasteiger partial charge in [-0.1, -0.05) is 32.4 Å². The molecule has 0 bridgehead atoms. The fourth-order valence-corrected chi connectivity index (χ4v) is 4.49. The number of benzene rings is 1. The second-order valence-corrected chi connectivity index (χ2v) is 8.70. The van der Waals surface area contributed by atoms with E-state index >= 15 is 0 Å². The van der Waals surface area contributed by atoms with Crippen molar-refractivity contribution >= 4 is 0 Å². The molecule has 1 N–H and O–H groups in total. The molecule has 0 amide bonds. The Morgan fingerprint density at radius 1 is 1.27 bits per heavy atom. The van der Waals surface area contributed by atoms with E-state index in [0.29, 0.717) is 0 Å². The average molecular weight is 413 g/mol. The number of hydrogen-bond acceptors (Lipinski definition) is 4. The van der Waals surface area contributed by atoms with Gasteiger partial charge in [0.05, 0.1) is 7.11 Å². The smallest absolute Gasteiger partial charge is 0.119 e. The summed E-state index contributed by atoms with van der Waals surface area (Å²) in [6.45, 7) is 11.3. The standard InChI is InChI=1S/C25H40N4O/c1-4-6-12-25-26-17-23(27-25)20-28(5-2)18-22-10-8-14-29(19-22)15-13-21-9-7-11-24(16-21)30-3/h7,9,11,16-17,22H,4-6,8,10,12-15,18-20H2,1-3H3,(H,26,27). The second kappa shape index (κ2) is 12.1. The molecule has 1 saturated heterocycles. The predicted octanol–water partition coefficient (Wildman–Crippen LogP) is 4.54. The van der Waals surface area contributed by atoms with Gasteiger partial charge in [-0.05, 0) is 62.4 Å². The summed E-state index contributed by atoms with van der Waals surface area (Å²) < 4.78 is 5.36. The SMILES string of the molecule is CCCCc1ncc(CN(CC)CC2CCCN(CCc3cccc(OC)c3)C2)[nH]1. The number of ether oxygens (including phenoxy) is 1. The Morgan fingerprint density at radius 3 is 2.97 bits per heavy atom. The van der Waals surface area contributed by atoms with Crippen molar-refractivity contribution in [2.24, 2.45) is 5.92 Å². The van der Waals surface area contributed by atoms with Crippen molar-refractivity contribution in [1.82, 2.24) is 19.8 Å². The van der Waals surface area contributed by atoms with Gasteiger partial charge in [-0.2, -0.15) is 0 Å². The first-order valence-corrected chi connectivity index (χ1v) is 11.8. The molecule has 30 heavy (non-hydrogen) atoms. The van der Waals surface area contributed by atoms with Crippen LogP contribution in [0, 0.1) is 5.92 Å². The molecular weight excluding hydrogens is 372 g/mol. The number of aryl methyl sites for hydroxylation is 1. The molecule has 1 aliphatic heterocycles. The van der Waals surface area contributed by atoms with Crippen molar-refractivity contribution in [3.05, 3.63) is 47.5 Å². The Kier molecular flexibility index (Phi) is 9.22. The van der Waals surface area contributed by atoms with Gasteiger partial charge in [0, 0.05) is 44.5 Å². The molecule has 5 heteroatoms. The van der Waals surface area contributed by atoms with Crippen LogP contribution in [0.4, 0.5) is 0 Å². The summed E-state index contributed by atoms with van der Waals surface area (Å²) in [5, 5.41) is 0. The highest BCUT2D eigenvalue weighted by atomic mass is 16.5. The molecule has 1 unspecified atom stereocenters. The third kappa shape index (κ3) is 7.13. The van der Waals surface area contributed by atoms with E-state index < -0.39 is 0 Å². The lowest BCUT2D eigenvalue weighted by atomic mass is 9.96. The summed E-state index contributed by atoms with van der Waals surface area (Å²) in [4.78, 5) is 13.3. The molecule has 5 nitrogen and oxygen atoms in total. The van der Waals surface area contributed by atoms with Crippen molar-refractivity contribution < 1.29 is 4.74 Å². The molecule has 0 spiro atoms. The van der Waals surface area contributed by atoms with E-state index in [0.717, 1.165) is 50.0 Å². The average Bonchev–Trinajstić information content (AvgIpc) is 3.23. The van der Waals surface area contributed by atoms with E-state index in [-0.39, 0.29) is 0 Å². The molecule has 2 aromatic rings. The first kappa shape index (κ1) is 22.8. The van der Waals surface area contributed by atoms with E-state index in [9.17, 15) is 0 Å². The first-order valence-electron chi connectivity index (χ1n) is 11.8. The highest BCUT2D eigenvalue weighted by Gasteiger charge is 2.22. The molecule has 0 radical (unpaired) electrons. The molecule has 2 heterocycles. The molecule has 1 fully saturated rings. The van der Waals surface area contributed by atoms with Crippen LogP contribution < -0.4 is 4.74 Å². The van der Waals surface area contributed by atoms with Crippen molar-refractivity contribution in [1.29, 1.82) is 0 Å². The van der Waals surface area contributed by atoms with Crippen LogP contribution in [0.5, 0.6) is 5.75 Å². The van der Waals surface area contributed by atoms with Crippen LogP contribution in [0.25, 0.3) is 0 Å². The van der Waals surface area contributed by atoms with Gasteiger partial charge >= 0.3 is 0 Å². The third-order valence-electron chi connectivity index (χ3n) is 6.26.